The zero-order chi connectivity index (χ0) is 24.6. The number of nitrogens with zero attached hydrogens (tertiary/aromatic N) is 1. The fraction of sp³-hybridized carbons (Fsp3) is 0.517. The van der Waals surface area contributed by atoms with Crippen LogP contribution in [0.15, 0.2) is 42.5 Å². The number of hydrogen-bond donors (Lipinski definition) is 1. The number of rotatable bonds is 8. The van der Waals surface area contributed by atoms with Crippen molar-refractivity contribution in [1.82, 2.24) is 10.2 Å². The lowest BCUT2D eigenvalue weighted by Crippen LogP contribution is -2.60. The largest absolute Gasteiger partial charge is 0.497 e. The van der Waals surface area contributed by atoms with Crippen molar-refractivity contribution < 1.29 is 19.1 Å². The Hall–Kier alpha value is -2.86. The van der Waals surface area contributed by atoms with Gasteiger partial charge in [0.15, 0.2) is 0 Å². The lowest BCUT2D eigenvalue weighted by molar-refractivity contribution is 0.0159. The molecule has 0 radical (unpaired) electrons. The van der Waals surface area contributed by atoms with Crippen molar-refractivity contribution in [2.24, 2.45) is 11.8 Å². The molecular weight excluding hydrogens is 440 g/mol. The highest BCUT2D eigenvalue weighted by Crippen LogP contribution is 2.52. The van der Waals surface area contributed by atoms with Crippen LogP contribution in [0, 0.1) is 11.8 Å². The molecule has 6 nitrogen and oxygen atoms in total. The molecule has 1 aliphatic heterocycles. The summed E-state index contributed by atoms with van der Waals surface area (Å²) in [6, 6.07) is 13.8. The summed E-state index contributed by atoms with van der Waals surface area (Å²) in [5, 5.41) is 3.13. The van der Waals surface area contributed by atoms with Gasteiger partial charge in [-0.25, -0.2) is 4.79 Å². The lowest BCUT2D eigenvalue weighted by Gasteiger charge is -2.56. The van der Waals surface area contributed by atoms with Crippen molar-refractivity contribution in [3.8, 4) is 5.75 Å². The molecular formula is C29H36N2O4. The first-order chi connectivity index (χ1) is 16.9. The van der Waals surface area contributed by atoms with E-state index >= 15 is 0 Å². The Bertz CT molecular complexity index is 1110. The highest BCUT2D eigenvalue weighted by molar-refractivity contribution is 5.97. The second-order valence-electron chi connectivity index (χ2n) is 10.5. The molecule has 1 saturated heterocycles. The lowest BCUT2D eigenvalue weighted by atomic mass is 9.56. The average molecular weight is 477 g/mol. The second kappa shape index (κ2) is 9.65. The van der Waals surface area contributed by atoms with Crippen molar-refractivity contribution in [3.05, 3.63) is 64.7 Å². The highest BCUT2D eigenvalue weighted by Gasteiger charge is 2.51. The second-order valence-corrected chi connectivity index (χ2v) is 10.5. The maximum atomic E-state index is 12.9. The Morgan fingerprint density at radius 3 is 2.66 bits per heavy atom. The van der Waals surface area contributed by atoms with Gasteiger partial charge in [0.1, 0.15) is 5.75 Å². The summed E-state index contributed by atoms with van der Waals surface area (Å²) in [7, 11) is 3.07. The van der Waals surface area contributed by atoms with Gasteiger partial charge in [0.2, 0.25) is 0 Å². The number of amides is 1. The van der Waals surface area contributed by atoms with Crippen LogP contribution in [0.3, 0.4) is 0 Å². The maximum Gasteiger partial charge on any atom is 0.337 e. The molecule has 1 heterocycles. The van der Waals surface area contributed by atoms with Gasteiger partial charge >= 0.3 is 5.97 Å². The van der Waals surface area contributed by atoms with Crippen LogP contribution in [0.2, 0.25) is 0 Å². The summed E-state index contributed by atoms with van der Waals surface area (Å²) in [6.07, 6.45) is 5.80. The third-order valence-electron chi connectivity index (χ3n) is 8.64. The number of methoxy groups -OCH3 is 2. The zero-order valence-corrected chi connectivity index (χ0v) is 21.0. The number of ether oxygens (including phenoxy) is 2. The summed E-state index contributed by atoms with van der Waals surface area (Å²) < 4.78 is 10.4. The summed E-state index contributed by atoms with van der Waals surface area (Å²) in [5.41, 5.74) is 3.68. The topological polar surface area (TPSA) is 67.9 Å². The normalized spacial score (nSPS) is 25.5. The van der Waals surface area contributed by atoms with E-state index < -0.39 is 5.97 Å². The molecule has 0 unspecified atom stereocenters. The van der Waals surface area contributed by atoms with Gasteiger partial charge in [-0.2, -0.15) is 0 Å². The highest BCUT2D eigenvalue weighted by atomic mass is 16.5. The Morgan fingerprint density at radius 1 is 1.11 bits per heavy atom. The van der Waals surface area contributed by atoms with Crippen molar-refractivity contribution >= 4 is 11.9 Å². The quantitative estimate of drug-likeness (QED) is 0.578. The van der Waals surface area contributed by atoms with E-state index in [9.17, 15) is 9.59 Å². The van der Waals surface area contributed by atoms with E-state index in [1.807, 2.05) is 0 Å². The standard InChI is InChI=1S/C29H36N2O4/c1-19-26-16-21-9-10-24(34-2)17-25(21)29(19,12-14-31(26)18-20-7-8-20)11-13-30-27(32)22-5-4-6-23(15-22)28(33)35-3/h4-6,9-10,15,17,19-20,26H,7-8,11-14,16,18H2,1-3H3,(H,30,32)/t19-,26+,29+/m0/s1. The first-order valence-electron chi connectivity index (χ1n) is 12.8. The summed E-state index contributed by atoms with van der Waals surface area (Å²) in [6.45, 7) is 5.33. The fourth-order valence-corrected chi connectivity index (χ4v) is 6.41. The van der Waals surface area contributed by atoms with Crippen LogP contribution >= 0.6 is 0 Å². The molecule has 2 aliphatic carbocycles. The Balaban J connectivity index is 1.35. The zero-order valence-electron chi connectivity index (χ0n) is 21.0. The van der Waals surface area contributed by atoms with Crippen LogP contribution in [-0.4, -0.2) is 56.7 Å². The third kappa shape index (κ3) is 4.56. The van der Waals surface area contributed by atoms with E-state index in [1.54, 1.807) is 31.4 Å². The van der Waals surface area contributed by atoms with Crippen molar-refractivity contribution in [3.63, 3.8) is 0 Å². The third-order valence-corrected chi connectivity index (χ3v) is 8.64. The molecule has 1 N–H and O–H groups in total. The van der Waals surface area contributed by atoms with E-state index in [0.717, 1.165) is 37.5 Å². The Labute approximate surface area is 208 Å². The molecule has 0 aromatic heterocycles. The molecule has 3 atom stereocenters. The summed E-state index contributed by atoms with van der Waals surface area (Å²) >= 11 is 0. The van der Waals surface area contributed by atoms with E-state index in [1.165, 1.54) is 37.6 Å². The van der Waals surface area contributed by atoms with Crippen LogP contribution in [-0.2, 0) is 16.6 Å². The number of likely N-dealkylation sites (tertiary alicyclic amines) is 1. The van der Waals surface area contributed by atoms with Gasteiger partial charge in [0, 0.05) is 30.1 Å². The van der Waals surface area contributed by atoms with Gasteiger partial charge in [-0.05, 0) is 91.9 Å². The first kappa shape index (κ1) is 23.9. The van der Waals surface area contributed by atoms with E-state index in [-0.39, 0.29) is 11.3 Å². The van der Waals surface area contributed by atoms with Gasteiger partial charge in [0.05, 0.1) is 19.8 Å². The van der Waals surface area contributed by atoms with Gasteiger partial charge in [-0.15, -0.1) is 0 Å². The maximum absolute atomic E-state index is 12.9. The van der Waals surface area contributed by atoms with Crippen molar-refractivity contribution in [1.29, 1.82) is 0 Å². The SMILES string of the molecule is COC(=O)c1cccc(C(=O)NCC[C@]23CCN(CC4CC4)[C@H](Cc4ccc(OC)cc42)[C@@H]3C)c1. The molecule has 6 heteroatoms. The van der Waals surface area contributed by atoms with Crippen LogP contribution < -0.4 is 10.1 Å². The molecule has 2 bridgehead atoms. The molecule has 186 valence electrons. The van der Waals surface area contributed by atoms with Crippen molar-refractivity contribution in [2.75, 3.05) is 33.9 Å². The number of carbonyl (C=O) groups is 2. The van der Waals surface area contributed by atoms with E-state index in [0.29, 0.717) is 29.6 Å². The predicted molar refractivity (Wildman–Crippen MR) is 135 cm³/mol. The fourth-order valence-electron chi connectivity index (χ4n) is 6.41. The minimum Gasteiger partial charge on any atom is -0.497 e. The van der Waals surface area contributed by atoms with Gasteiger partial charge in [-0.3, -0.25) is 9.69 Å². The van der Waals surface area contributed by atoms with Crippen LogP contribution in [0.4, 0.5) is 0 Å². The monoisotopic (exact) mass is 476 g/mol. The molecule has 3 aliphatic rings. The smallest absolute Gasteiger partial charge is 0.337 e. The van der Waals surface area contributed by atoms with Crippen LogP contribution in [0.5, 0.6) is 5.75 Å². The summed E-state index contributed by atoms with van der Waals surface area (Å²) in [4.78, 5) is 27.5. The van der Waals surface area contributed by atoms with Gasteiger partial charge in [-0.1, -0.05) is 19.1 Å². The molecule has 2 aromatic rings. The number of carbonyl (C=O) groups excluding carboxylic acids is 2. The first-order valence-corrected chi connectivity index (χ1v) is 12.8. The molecule has 1 saturated carbocycles. The molecule has 2 aromatic carbocycles. The van der Waals surface area contributed by atoms with Crippen LogP contribution in [0.25, 0.3) is 0 Å². The summed E-state index contributed by atoms with van der Waals surface area (Å²) in [5.74, 6) is 1.67. The van der Waals surface area contributed by atoms with Gasteiger partial charge in [0.25, 0.3) is 5.91 Å². The Morgan fingerprint density at radius 2 is 1.91 bits per heavy atom. The van der Waals surface area contributed by atoms with E-state index in [4.69, 9.17) is 9.47 Å². The molecule has 5 rings (SSSR count). The molecule has 1 amide bonds. The predicted octanol–water partition coefficient (Wildman–Crippen LogP) is 4.22. The number of hydrogen-bond acceptors (Lipinski definition) is 5. The van der Waals surface area contributed by atoms with Gasteiger partial charge < -0.3 is 14.8 Å². The molecule has 0 spiro atoms. The number of piperidine rings is 1. The number of esters is 1. The van der Waals surface area contributed by atoms with Crippen molar-refractivity contribution in [2.45, 2.75) is 50.5 Å². The number of benzene rings is 2. The molecule has 2 fully saturated rings. The number of nitrogens with one attached hydrogen (secondary N) is 1. The van der Waals surface area contributed by atoms with E-state index in [2.05, 4.69) is 35.3 Å². The average Bonchev–Trinajstić information content (AvgIpc) is 3.70. The minimum atomic E-state index is -0.441. The van der Waals surface area contributed by atoms with Crippen LogP contribution in [0.1, 0.15) is 64.4 Å². The molecule has 35 heavy (non-hydrogen) atoms. The minimum absolute atomic E-state index is 0.00792. The Kier molecular flexibility index (Phi) is 6.58. The number of fused-ring (bicyclic) bond motifs is 4.